The highest BCUT2D eigenvalue weighted by molar-refractivity contribution is 5.88. The van der Waals surface area contributed by atoms with Crippen molar-refractivity contribution in [2.24, 2.45) is 0 Å². The van der Waals surface area contributed by atoms with Crippen LogP contribution < -0.4 is 0 Å². The predicted molar refractivity (Wildman–Crippen MR) is 63.4 cm³/mol. The fourth-order valence-corrected chi connectivity index (χ4v) is 1.05. The van der Waals surface area contributed by atoms with Crippen LogP contribution in [0.5, 0.6) is 0 Å². The number of ether oxygens (including phenoxy) is 1. The zero-order valence-corrected chi connectivity index (χ0v) is 10.0. The lowest BCUT2D eigenvalue weighted by atomic mass is 10.0. The smallest absolute Gasteiger partial charge is 0.339 e. The van der Waals surface area contributed by atoms with Crippen molar-refractivity contribution in [1.29, 1.82) is 0 Å². The van der Waals surface area contributed by atoms with Crippen molar-refractivity contribution in [3.05, 3.63) is 29.6 Å². The lowest BCUT2D eigenvalue weighted by Crippen LogP contribution is -2.04. The van der Waals surface area contributed by atoms with Crippen LogP contribution in [-0.4, -0.2) is 17.6 Å². The monoisotopic (exact) mass is 221 g/mol. The Morgan fingerprint density at radius 1 is 1.31 bits per heavy atom. The Balaban J connectivity index is 0.000000267. The number of hydrogen-bond acceptors (Lipinski definition) is 3. The minimum Gasteiger partial charge on any atom is -0.462 e. The van der Waals surface area contributed by atoms with E-state index in [1.54, 1.807) is 19.1 Å². The Hall–Kier alpha value is -1.38. The highest BCUT2D eigenvalue weighted by Crippen LogP contribution is 2.15. The summed E-state index contributed by atoms with van der Waals surface area (Å²) in [5.74, 6) is -0.315. The van der Waals surface area contributed by atoms with Gasteiger partial charge in [0.25, 0.3) is 0 Å². The summed E-state index contributed by atoms with van der Waals surface area (Å²) >= 11 is 0. The van der Waals surface area contributed by atoms with Crippen LogP contribution in [-0.2, 0) is 4.74 Å². The summed E-state index contributed by atoms with van der Waals surface area (Å²) in [5.41, 5.74) is 1.39. The normalized spacial score (nSPS) is 13.1. The molecule has 0 bridgehead atoms. The standard InChI is InChI=1S/C9H11NO2.C4H8/c1-3-12-9(11)8-5-4-7(2)10-6-8;1-2-4-3-1/h4-6H,3H2,1-2H3;1-4H2. The van der Waals surface area contributed by atoms with Crippen molar-refractivity contribution in [3.63, 3.8) is 0 Å². The van der Waals surface area contributed by atoms with E-state index in [1.165, 1.54) is 31.9 Å². The van der Waals surface area contributed by atoms with Crippen LogP contribution in [0.4, 0.5) is 0 Å². The highest BCUT2D eigenvalue weighted by atomic mass is 16.5. The number of nitrogens with zero attached hydrogens (tertiary/aromatic N) is 1. The molecule has 1 fully saturated rings. The minimum atomic E-state index is -0.315. The summed E-state index contributed by atoms with van der Waals surface area (Å²) < 4.78 is 4.79. The molecule has 88 valence electrons. The maximum Gasteiger partial charge on any atom is 0.339 e. The molecular formula is C13H19NO2. The van der Waals surface area contributed by atoms with Crippen LogP contribution in [0, 0.1) is 6.92 Å². The van der Waals surface area contributed by atoms with Gasteiger partial charge in [0.1, 0.15) is 0 Å². The van der Waals surface area contributed by atoms with Crippen molar-refractivity contribution in [2.45, 2.75) is 39.5 Å². The van der Waals surface area contributed by atoms with Crippen LogP contribution in [0.25, 0.3) is 0 Å². The largest absolute Gasteiger partial charge is 0.462 e. The molecule has 2 rings (SSSR count). The van der Waals surface area contributed by atoms with Crippen molar-refractivity contribution in [1.82, 2.24) is 4.98 Å². The summed E-state index contributed by atoms with van der Waals surface area (Å²) in [5, 5.41) is 0. The molecule has 1 heterocycles. The SMILES string of the molecule is C1CCC1.CCOC(=O)c1ccc(C)nc1. The fraction of sp³-hybridized carbons (Fsp3) is 0.538. The van der Waals surface area contributed by atoms with Gasteiger partial charge in [0, 0.05) is 11.9 Å². The maximum absolute atomic E-state index is 11.1. The maximum atomic E-state index is 11.1. The van der Waals surface area contributed by atoms with Gasteiger partial charge in [-0.05, 0) is 26.0 Å². The molecule has 16 heavy (non-hydrogen) atoms. The van der Waals surface area contributed by atoms with Crippen molar-refractivity contribution in [3.8, 4) is 0 Å². The second kappa shape index (κ2) is 6.99. The van der Waals surface area contributed by atoms with E-state index in [0.717, 1.165) is 5.69 Å². The number of carbonyl (C=O) groups is 1. The summed E-state index contributed by atoms with van der Waals surface area (Å²) in [7, 11) is 0. The van der Waals surface area contributed by atoms with Crippen molar-refractivity contribution in [2.75, 3.05) is 6.61 Å². The van der Waals surface area contributed by atoms with E-state index in [9.17, 15) is 4.79 Å². The van der Waals surface area contributed by atoms with Gasteiger partial charge in [0.05, 0.1) is 12.2 Å². The Bertz CT molecular complexity index is 311. The molecule has 1 aromatic rings. The van der Waals surface area contributed by atoms with Gasteiger partial charge in [0.15, 0.2) is 0 Å². The summed E-state index contributed by atoms with van der Waals surface area (Å²) in [4.78, 5) is 15.1. The average molecular weight is 221 g/mol. The van der Waals surface area contributed by atoms with E-state index < -0.39 is 0 Å². The molecule has 0 atom stereocenters. The van der Waals surface area contributed by atoms with Gasteiger partial charge in [-0.15, -0.1) is 0 Å². The van der Waals surface area contributed by atoms with Gasteiger partial charge in [-0.2, -0.15) is 0 Å². The molecule has 0 N–H and O–H groups in total. The molecule has 1 aliphatic carbocycles. The number of carbonyl (C=O) groups excluding carboxylic acids is 1. The minimum absolute atomic E-state index is 0.315. The molecule has 0 aliphatic heterocycles. The van der Waals surface area contributed by atoms with Gasteiger partial charge in [-0.3, -0.25) is 4.98 Å². The van der Waals surface area contributed by atoms with Gasteiger partial charge in [0.2, 0.25) is 0 Å². The summed E-state index contributed by atoms with van der Waals surface area (Å²) in [6.45, 7) is 4.04. The summed E-state index contributed by atoms with van der Waals surface area (Å²) in [6.07, 6.45) is 7.52. The fourth-order valence-electron chi connectivity index (χ4n) is 1.05. The molecule has 3 nitrogen and oxygen atoms in total. The van der Waals surface area contributed by atoms with Crippen LogP contribution in [0.1, 0.15) is 48.7 Å². The van der Waals surface area contributed by atoms with Crippen LogP contribution in [0.2, 0.25) is 0 Å². The van der Waals surface area contributed by atoms with Gasteiger partial charge < -0.3 is 4.74 Å². The lowest BCUT2D eigenvalue weighted by Gasteiger charge is -2.05. The van der Waals surface area contributed by atoms with Crippen molar-refractivity contribution >= 4 is 5.97 Å². The number of hydrogen-bond donors (Lipinski definition) is 0. The molecule has 1 aromatic heterocycles. The second-order valence-corrected chi connectivity index (χ2v) is 3.82. The van der Waals surface area contributed by atoms with E-state index in [-0.39, 0.29) is 5.97 Å². The first-order chi connectivity index (χ1) is 7.74. The molecule has 0 saturated heterocycles. The van der Waals surface area contributed by atoms with Crippen LogP contribution in [0.3, 0.4) is 0 Å². The molecule has 1 saturated carbocycles. The molecular weight excluding hydrogens is 202 g/mol. The van der Waals surface area contributed by atoms with Crippen LogP contribution >= 0.6 is 0 Å². The topological polar surface area (TPSA) is 39.2 Å². The van der Waals surface area contributed by atoms with Gasteiger partial charge >= 0.3 is 5.97 Å². The van der Waals surface area contributed by atoms with Crippen molar-refractivity contribution < 1.29 is 9.53 Å². The Morgan fingerprint density at radius 3 is 2.31 bits per heavy atom. The molecule has 3 heteroatoms. The van der Waals surface area contributed by atoms with E-state index in [1.807, 2.05) is 6.92 Å². The van der Waals surface area contributed by atoms with E-state index in [4.69, 9.17) is 4.74 Å². The number of aromatic nitrogens is 1. The van der Waals surface area contributed by atoms with Crippen LogP contribution in [0.15, 0.2) is 18.3 Å². The average Bonchev–Trinajstić information content (AvgIpc) is 2.16. The van der Waals surface area contributed by atoms with E-state index in [2.05, 4.69) is 4.98 Å². The molecule has 1 aliphatic rings. The quantitative estimate of drug-likeness (QED) is 0.720. The molecule has 0 spiro atoms. The Kier molecular flexibility index (Phi) is 5.54. The Morgan fingerprint density at radius 2 is 1.94 bits per heavy atom. The predicted octanol–water partition coefficient (Wildman–Crippen LogP) is 3.13. The third-order valence-corrected chi connectivity index (χ3v) is 2.42. The number of rotatable bonds is 2. The zero-order chi connectivity index (χ0) is 11.8. The van der Waals surface area contributed by atoms with Gasteiger partial charge in [-0.1, -0.05) is 25.7 Å². The van der Waals surface area contributed by atoms with E-state index in [0.29, 0.717) is 12.2 Å². The first kappa shape index (κ1) is 12.7. The number of esters is 1. The van der Waals surface area contributed by atoms with E-state index >= 15 is 0 Å². The molecule has 0 aromatic carbocycles. The zero-order valence-electron chi connectivity index (χ0n) is 10.0. The Labute approximate surface area is 96.8 Å². The first-order valence-electron chi connectivity index (χ1n) is 5.84. The number of pyridine rings is 1. The second-order valence-electron chi connectivity index (χ2n) is 3.82. The molecule has 0 unspecified atom stereocenters. The number of aryl methyl sites for hydroxylation is 1. The highest BCUT2D eigenvalue weighted by Gasteiger charge is 2.04. The lowest BCUT2D eigenvalue weighted by molar-refractivity contribution is 0.0526. The third-order valence-electron chi connectivity index (χ3n) is 2.42. The molecule has 0 radical (unpaired) electrons. The molecule has 0 amide bonds. The summed E-state index contributed by atoms with van der Waals surface area (Å²) in [6, 6.07) is 3.49. The van der Waals surface area contributed by atoms with Gasteiger partial charge in [-0.25, -0.2) is 4.79 Å². The third kappa shape index (κ3) is 4.43. The first-order valence-corrected chi connectivity index (χ1v) is 5.84.